The van der Waals surface area contributed by atoms with Gasteiger partial charge in [-0.1, -0.05) is 11.6 Å². The van der Waals surface area contributed by atoms with Crippen molar-refractivity contribution in [3.05, 3.63) is 23.2 Å². The summed E-state index contributed by atoms with van der Waals surface area (Å²) in [4.78, 5) is 10.9. The van der Waals surface area contributed by atoms with Crippen LogP contribution in [-0.2, 0) is 0 Å². The summed E-state index contributed by atoms with van der Waals surface area (Å²) < 4.78 is 0. The Balaban J connectivity index is 2.27. The van der Waals surface area contributed by atoms with E-state index in [1.165, 1.54) is 6.42 Å². The highest BCUT2D eigenvalue weighted by Crippen LogP contribution is 2.34. The maximum Gasteiger partial charge on any atom is 0.152 e. The van der Waals surface area contributed by atoms with Gasteiger partial charge >= 0.3 is 0 Å². The zero-order valence-electron chi connectivity index (χ0n) is 9.15. The molecule has 1 aliphatic rings. The fourth-order valence-corrected chi connectivity index (χ4v) is 2.49. The summed E-state index contributed by atoms with van der Waals surface area (Å²) in [6.07, 6.45) is 5.71. The summed E-state index contributed by atoms with van der Waals surface area (Å²) in [5, 5.41) is 0.551. The van der Waals surface area contributed by atoms with Crippen LogP contribution < -0.4 is 0 Å². The maximum atomic E-state index is 6.07. The normalized spacial score (nSPS) is 22.5. The first-order valence-electron chi connectivity index (χ1n) is 5.42. The van der Waals surface area contributed by atoms with Crippen molar-refractivity contribution in [1.82, 2.24) is 14.9 Å². The Morgan fingerprint density at radius 3 is 2.80 bits per heavy atom. The minimum Gasteiger partial charge on any atom is -0.292 e. The number of hydrogen-bond donors (Lipinski definition) is 0. The smallest absolute Gasteiger partial charge is 0.152 e. The lowest BCUT2D eigenvalue weighted by Gasteiger charge is -2.27. The molecule has 0 N–H and O–H groups in total. The third-order valence-electron chi connectivity index (χ3n) is 2.95. The molecule has 0 saturated carbocycles. The van der Waals surface area contributed by atoms with Crippen LogP contribution in [0, 0.1) is 0 Å². The van der Waals surface area contributed by atoms with Gasteiger partial charge in [0.05, 0.1) is 11.7 Å². The van der Waals surface area contributed by atoms with Crippen LogP contribution in [0.1, 0.15) is 38.4 Å². The summed E-state index contributed by atoms with van der Waals surface area (Å²) in [5.41, 5.74) is 0.936. The van der Waals surface area contributed by atoms with Crippen LogP contribution >= 0.6 is 11.6 Å². The molecule has 0 amide bonds. The van der Waals surface area contributed by atoms with E-state index in [0.29, 0.717) is 17.2 Å². The standard InChI is InChI=1S/C11H16ClN3/c1-8(2)15-7-3-4-9(15)10-11(12)14-6-5-13-10/h5-6,8-9H,3-4,7H2,1-2H3/t9-/m1/s1. The van der Waals surface area contributed by atoms with E-state index in [9.17, 15) is 0 Å². The highest BCUT2D eigenvalue weighted by molar-refractivity contribution is 6.30. The van der Waals surface area contributed by atoms with Crippen molar-refractivity contribution >= 4 is 11.6 Å². The Hall–Kier alpha value is -0.670. The van der Waals surface area contributed by atoms with Gasteiger partial charge in [0.1, 0.15) is 0 Å². The van der Waals surface area contributed by atoms with Crippen molar-refractivity contribution in [3.8, 4) is 0 Å². The van der Waals surface area contributed by atoms with E-state index >= 15 is 0 Å². The minimum absolute atomic E-state index is 0.353. The Bertz CT molecular complexity index is 340. The van der Waals surface area contributed by atoms with Gasteiger partial charge in [-0.05, 0) is 33.2 Å². The zero-order valence-corrected chi connectivity index (χ0v) is 9.91. The largest absolute Gasteiger partial charge is 0.292 e. The van der Waals surface area contributed by atoms with E-state index in [-0.39, 0.29) is 0 Å². The monoisotopic (exact) mass is 225 g/mol. The summed E-state index contributed by atoms with van der Waals surface area (Å²) >= 11 is 6.07. The fourth-order valence-electron chi connectivity index (χ4n) is 2.26. The van der Waals surface area contributed by atoms with Gasteiger partial charge in [0.25, 0.3) is 0 Å². The average Bonchev–Trinajstić information content (AvgIpc) is 2.67. The molecule has 1 aliphatic heterocycles. The predicted octanol–water partition coefficient (Wildman–Crippen LogP) is 2.68. The molecule has 2 heterocycles. The molecule has 0 bridgehead atoms. The molecule has 15 heavy (non-hydrogen) atoms. The third kappa shape index (κ3) is 2.13. The fraction of sp³-hybridized carbons (Fsp3) is 0.636. The quantitative estimate of drug-likeness (QED) is 0.775. The number of halogens is 1. The van der Waals surface area contributed by atoms with E-state index in [4.69, 9.17) is 11.6 Å². The summed E-state index contributed by atoms with van der Waals surface area (Å²) in [7, 11) is 0. The van der Waals surface area contributed by atoms with E-state index in [2.05, 4.69) is 28.7 Å². The highest BCUT2D eigenvalue weighted by Gasteiger charge is 2.30. The van der Waals surface area contributed by atoms with E-state index in [1.807, 2.05) is 0 Å². The third-order valence-corrected chi connectivity index (χ3v) is 3.24. The number of hydrogen-bond acceptors (Lipinski definition) is 3. The molecule has 0 spiro atoms. The van der Waals surface area contributed by atoms with Gasteiger partial charge in [-0.2, -0.15) is 0 Å². The van der Waals surface area contributed by atoms with Gasteiger partial charge in [-0.3, -0.25) is 9.88 Å². The predicted molar refractivity (Wildman–Crippen MR) is 60.9 cm³/mol. The highest BCUT2D eigenvalue weighted by atomic mass is 35.5. The van der Waals surface area contributed by atoms with Crippen molar-refractivity contribution in [2.75, 3.05) is 6.54 Å². The first-order valence-corrected chi connectivity index (χ1v) is 5.80. The lowest BCUT2D eigenvalue weighted by molar-refractivity contribution is 0.202. The second kappa shape index (κ2) is 4.45. The summed E-state index contributed by atoms with van der Waals surface area (Å²) in [6, 6.07) is 0.891. The first-order chi connectivity index (χ1) is 7.20. The van der Waals surface area contributed by atoms with Crippen LogP contribution in [0.2, 0.25) is 5.15 Å². The van der Waals surface area contributed by atoms with Gasteiger partial charge in [0, 0.05) is 18.4 Å². The summed E-state index contributed by atoms with van der Waals surface area (Å²) in [6.45, 7) is 5.56. The number of nitrogens with zero attached hydrogens (tertiary/aromatic N) is 3. The molecule has 3 nitrogen and oxygen atoms in total. The molecule has 0 aromatic carbocycles. The van der Waals surface area contributed by atoms with E-state index in [0.717, 1.165) is 18.7 Å². The van der Waals surface area contributed by atoms with Crippen molar-refractivity contribution in [2.45, 2.75) is 38.8 Å². The topological polar surface area (TPSA) is 29.0 Å². The van der Waals surface area contributed by atoms with E-state index < -0.39 is 0 Å². The number of rotatable bonds is 2. The number of likely N-dealkylation sites (tertiary alicyclic amines) is 1. The Labute approximate surface area is 95.5 Å². The molecule has 2 rings (SSSR count). The van der Waals surface area contributed by atoms with Gasteiger partial charge in [-0.25, -0.2) is 4.98 Å². The second-order valence-electron chi connectivity index (χ2n) is 4.22. The Kier molecular flexibility index (Phi) is 3.22. The first kappa shape index (κ1) is 10.8. The van der Waals surface area contributed by atoms with Gasteiger partial charge in [-0.15, -0.1) is 0 Å². The maximum absolute atomic E-state index is 6.07. The molecular formula is C11H16ClN3. The zero-order chi connectivity index (χ0) is 10.8. The molecular weight excluding hydrogens is 210 g/mol. The van der Waals surface area contributed by atoms with Gasteiger partial charge in [0.2, 0.25) is 0 Å². The average molecular weight is 226 g/mol. The van der Waals surface area contributed by atoms with Crippen LogP contribution in [0.3, 0.4) is 0 Å². The minimum atomic E-state index is 0.353. The SMILES string of the molecule is CC(C)N1CCC[C@@H]1c1nccnc1Cl. The Morgan fingerprint density at radius 1 is 1.40 bits per heavy atom. The van der Waals surface area contributed by atoms with E-state index in [1.54, 1.807) is 12.4 Å². The van der Waals surface area contributed by atoms with Gasteiger partial charge in [0.15, 0.2) is 5.15 Å². The molecule has 4 heteroatoms. The second-order valence-corrected chi connectivity index (χ2v) is 4.58. The van der Waals surface area contributed by atoms with Crippen LogP contribution in [-0.4, -0.2) is 27.5 Å². The van der Waals surface area contributed by atoms with Crippen molar-refractivity contribution in [3.63, 3.8) is 0 Å². The van der Waals surface area contributed by atoms with Crippen molar-refractivity contribution < 1.29 is 0 Å². The molecule has 1 atom stereocenters. The molecule has 82 valence electrons. The van der Waals surface area contributed by atoms with Crippen LogP contribution in [0.4, 0.5) is 0 Å². The molecule has 1 aromatic rings. The van der Waals surface area contributed by atoms with Crippen LogP contribution in [0.5, 0.6) is 0 Å². The van der Waals surface area contributed by atoms with Crippen molar-refractivity contribution in [2.24, 2.45) is 0 Å². The molecule has 1 fully saturated rings. The number of aromatic nitrogens is 2. The summed E-state index contributed by atoms with van der Waals surface area (Å²) in [5.74, 6) is 0. The lowest BCUT2D eigenvalue weighted by atomic mass is 10.1. The molecule has 1 aromatic heterocycles. The molecule has 0 radical (unpaired) electrons. The van der Waals surface area contributed by atoms with Crippen LogP contribution in [0.25, 0.3) is 0 Å². The lowest BCUT2D eigenvalue weighted by Crippen LogP contribution is -2.30. The molecule has 1 saturated heterocycles. The van der Waals surface area contributed by atoms with Gasteiger partial charge < -0.3 is 0 Å². The molecule has 0 aliphatic carbocycles. The van der Waals surface area contributed by atoms with Crippen molar-refractivity contribution in [1.29, 1.82) is 0 Å². The Morgan fingerprint density at radius 2 is 2.13 bits per heavy atom. The molecule has 0 unspecified atom stereocenters. The van der Waals surface area contributed by atoms with Crippen LogP contribution in [0.15, 0.2) is 12.4 Å².